The van der Waals surface area contributed by atoms with Crippen molar-refractivity contribution in [3.63, 3.8) is 0 Å². The molecular weight excluding hydrogens is 575 g/mol. The van der Waals surface area contributed by atoms with E-state index < -0.39 is 5.91 Å². The average Bonchev–Trinajstić information content (AvgIpc) is 3.43. The number of amides is 1. The highest BCUT2D eigenvalue weighted by Crippen LogP contribution is 2.29. The van der Waals surface area contributed by atoms with Gasteiger partial charge in [-0.1, -0.05) is 53.0 Å². The number of nitrogens with one attached hydrogen (secondary N) is 2. The van der Waals surface area contributed by atoms with Gasteiger partial charge < -0.3 is 14.6 Å². The van der Waals surface area contributed by atoms with Crippen LogP contribution in [0.4, 0.5) is 11.4 Å². The first kappa shape index (κ1) is 27.5. The lowest BCUT2D eigenvalue weighted by molar-refractivity contribution is 0.0951. The highest BCUT2D eigenvalue weighted by Gasteiger charge is 2.19. The van der Waals surface area contributed by atoms with Crippen LogP contribution in [0.5, 0.6) is 0 Å². The normalized spacial score (nSPS) is 13.8. The van der Waals surface area contributed by atoms with Crippen LogP contribution in [0.25, 0.3) is 11.3 Å². The average molecular weight is 600 g/mol. The molecule has 0 bridgehead atoms. The van der Waals surface area contributed by atoms with Crippen LogP contribution < -0.4 is 15.5 Å². The topological polar surface area (TPSA) is 60.8 Å². The van der Waals surface area contributed by atoms with Crippen LogP contribution in [0.2, 0.25) is 15.1 Å². The van der Waals surface area contributed by atoms with Crippen LogP contribution in [0.15, 0.2) is 83.3 Å². The van der Waals surface area contributed by atoms with Gasteiger partial charge in [-0.25, -0.2) is 0 Å². The van der Waals surface area contributed by atoms with Crippen LogP contribution in [0.3, 0.4) is 0 Å². The van der Waals surface area contributed by atoms with E-state index in [-0.39, 0.29) is 10.9 Å². The summed E-state index contributed by atoms with van der Waals surface area (Å²) in [6.45, 7) is 4.63. The molecule has 5 rings (SSSR count). The van der Waals surface area contributed by atoms with E-state index in [0.717, 1.165) is 54.7 Å². The number of carbonyl (C=O) groups is 1. The fraction of sp³-hybridized carbons (Fsp3) is 0.172. The number of carbonyl (C=O) groups excluding carboxylic acids is 1. The Morgan fingerprint density at radius 3 is 2.31 bits per heavy atom. The molecule has 0 aliphatic carbocycles. The first-order valence-corrected chi connectivity index (χ1v) is 13.9. The molecule has 0 unspecified atom stereocenters. The van der Waals surface area contributed by atoms with E-state index in [2.05, 4.69) is 26.5 Å². The van der Waals surface area contributed by atoms with Gasteiger partial charge in [-0.05, 0) is 78.4 Å². The summed E-state index contributed by atoms with van der Waals surface area (Å²) >= 11 is 23.7. The van der Waals surface area contributed by atoms with Gasteiger partial charge in [0.05, 0.1) is 10.0 Å². The Morgan fingerprint density at radius 1 is 0.846 bits per heavy atom. The smallest absolute Gasteiger partial charge is 0.293 e. The SMILES string of the molecule is O=C(NC(=S)Nc1ccc(N2CCN(Cc3ccccc3Cl)CC2)cc1)c1ccc(-c2ccc(Cl)c(Cl)c2)o1. The summed E-state index contributed by atoms with van der Waals surface area (Å²) in [5.41, 5.74) is 3.78. The Bertz CT molecular complexity index is 1480. The zero-order valence-electron chi connectivity index (χ0n) is 20.8. The van der Waals surface area contributed by atoms with E-state index in [1.165, 1.54) is 0 Å². The van der Waals surface area contributed by atoms with Gasteiger partial charge in [0, 0.05) is 54.7 Å². The second-order valence-corrected chi connectivity index (χ2v) is 10.7. The third-order valence-corrected chi connectivity index (χ3v) is 7.79. The lowest BCUT2D eigenvalue weighted by Crippen LogP contribution is -2.46. The Labute approximate surface area is 247 Å². The molecule has 0 radical (unpaired) electrons. The minimum absolute atomic E-state index is 0.129. The molecule has 1 aromatic heterocycles. The van der Waals surface area contributed by atoms with E-state index in [0.29, 0.717) is 21.4 Å². The predicted octanol–water partition coefficient (Wildman–Crippen LogP) is 7.36. The van der Waals surface area contributed by atoms with Crippen molar-refractivity contribution in [3.05, 3.63) is 105 Å². The number of hydrogen-bond acceptors (Lipinski definition) is 5. The zero-order valence-corrected chi connectivity index (χ0v) is 23.9. The molecule has 6 nitrogen and oxygen atoms in total. The molecule has 0 spiro atoms. The van der Waals surface area contributed by atoms with Crippen molar-refractivity contribution in [2.75, 3.05) is 36.4 Å². The Morgan fingerprint density at radius 2 is 1.59 bits per heavy atom. The number of anilines is 2. The maximum absolute atomic E-state index is 12.6. The van der Waals surface area contributed by atoms with Crippen molar-refractivity contribution in [2.24, 2.45) is 0 Å². The van der Waals surface area contributed by atoms with Gasteiger partial charge in [0.2, 0.25) is 0 Å². The second-order valence-electron chi connectivity index (χ2n) is 9.10. The van der Waals surface area contributed by atoms with E-state index in [4.69, 9.17) is 51.4 Å². The van der Waals surface area contributed by atoms with Crippen molar-refractivity contribution >= 4 is 69.4 Å². The van der Waals surface area contributed by atoms with E-state index in [9.17, 15) is 4.79 Å². The molecule has 1 saturated heterocycles. The lowest BCUT2D eigenvalue weighted by atomic mass is 10.2. The molecule has 10 heteroatoms. The van der Waals surface area contributed by atoms with E-state index in [1.54, 1.807) is 30.3 Å². The van der Waals surface area contributed by atoms with Crippen molar-refractivity contribution < 1.29 is 9.21 Å². The lowest BCUT2D eigenvalue weighted by Gasteiger charge is -2.36. The number of thiocarbonyl (C=S) groups is 1. The molecule has 4 aromatic rings. The molecule has 1 aliphatic heterocycles. The molecule has 2 N–H and O–H groups in total. The molecule has 0 atom stereocenters. The fourth-order valence-corrected chi connectivity index (χ4v) is 5.08. The minimum atomic E-state index is -0.454. The summed E-state index contributed by atoms with van der Waals surface area (Å²) in [4.78, 5) is 17.4. The van der Waals surface area contributed by atoms with Gasteiger partial charge in [-0.15, -0.1) is 0 Å². The number of halogens is 3. The summed E-state index contributed by atoms with van der Waals surface area (Å²) in [6.07, 6.45) is 0. The summed E-state index contributed by atoms with van der Waals surface area (Å²) in [6, 6.07) is 24.4. The fourth-order valence-electron chi connectivity index (χ4n) is 4.38. The van der Waals surface area contributed by atoms with Crippen molar-refractivity contribution in [2.45, 2.75) is 6.54 Å². The van der Waals surface area contributed by atoms with Gasteiger partial charge in [0.25, 0.3) is 5.91 Å². The highest BCUT2D eigenvalue weighted by atomic mass is 35.5. The quantitative estimate of drug-likeness (QED) is 0.226. The standard InChI is InChI=1S/C29H25Cl3N4O2S/c30-23-4-2-1-3-20(23)18-35-13-15-36(16-14-35)22-8-6-21(7-9-22)33-29(39)34-28(37)27-12-11-26(38-27)19-5-10-24(31)25(32)17-19/h1-12,17H,13-16,18H2,(H2,33,34,37,39). The molecule has 39 heavy (non-hydrogen) atoms. The predicted molar refractivity (Wildman–Crippen MR) is 163 cm³/mol. The third kappa shape index (κ3) is 6.93. The number of piperazine rings is 1. The number of benzene rings is 3. The highest BCUT2D eigenvalue weighted by molar-refractivity contribution is 7.80. The van der Waals surface area contributed by atoms with Crippen molar-refractivity contribution in [1.82, 2.24) is 10.2 Å². The molecule has 2 heterocycles. The number of rotatable bonds is 6. The summed E-state index contributed by atoms with van der Waals surface area (Å²) in [7, 11) is 0. The van der Waals surface area contributed by atoms with E-state index in [1.807, 2.05) is 42.5 Å². The van der Waals surface area contributed by atoms with Crippen LogP contribution in [-0.4, -0.2) is 42.1 Å². The van der Waals surface area contributed by atoms with Gasteiger partial charge in [0.15, 0.2) is 10.9 Å². The maximum atomic E-state index is 12.6. The summed E-state index contributed by atoms with van der Waals surface area (Å²) in [5.74, 6) is 0.173. The van der Waals surface area contributed by atoms with Gasteiger partial charge in [-0.3, -0.25) is 15.0 Å². The van der Waals surface area contributed by atoms with E-state index >= 15 is 0 Å². The summed E-state index contributed by atoms with van der Waals surface area (Å²) < 4.78 is 5.69. The third-order valence-electron chi connectivity index (χ3n) is 6.48. The zero-order chi connectivity index (χ0) is 27.4. The first-order chi connectivity index (χ1) is 18.9. The van der Waals surface area contributed by atoms with Crippen LogP contribution in [0.1, 0.15) is 16.1 Å². The number of hydrogen-bond donors (Lipinski definition) is 2. The molecule has 1 aliphatic rings. The van der Waals surface area contributed by atoms with Crippen LogP contribution in [-0.2, 0) is 6.54 Å². The molecule has 0 saturated carbocycles. The van der Waals surface area contributed by atoms with Crippen LogP contribution in [0, 0.1) is 0 Å². The second kappa shape index (κ2) is 12.4. The molecule has 1 amide bonds. The largest absolute Gasteiger partial charge is 0.451 e. The van der Waals surface area contributed by atoms with Crippen LogP contribution >= 0.6 is 47.0 Å². The van der Waals surface area contributed by atoms with Crippen molar-refractivity contribution in [1.29, 1.82) is 0 Å². The Hall–Kier alpha value is -3.07. The summed E-state index contributed by atoms with van der Waals surface area (Å²) in [5, 5.41) is 7.54. The monoisotopic (exact) mass is 598 g/mol. The number of nitrogens with zero attached hydrogens (tertiary/aromatic N) is 2. The molecular formula is C29H25Cl3N4O2S. The van der Waals surface area contributed by atoms with Gasteiger partial charge in [-0.2, -0.15) is 0 Å². The number of furan rings is 1. The minimum Gasteiger partial charge on any atom is -0.451 e. The molecule has 200 valence electrons. The first-order valence-electron chi connectivity index (χ1n) is 12.3. The van der Waals surface area contributed by atoms with Gasteiger partial charge >= 0.3 is 0 Å². The molecule has 1 fully saturated rings. The Kier molecular flexibility index (Phi) is 8.75. The maximum Gasteiger partial charge on any atom is 0.293 e. The Balaban J connectivity index is 1.11. The van der Waals surface area contributed by atoms with Crippen molar-refractivity contribution in [3.8, 4) is 11.3 Å². The molecule has 3 aromatic carbocycles. The van der Waals surface area contributed by atoms with Gasteiger partial charge in [0.1, 0.15) is 5.76 Å².